The van der Waals surface area contributed by atoms with Gasteiger partial charge in [0.05, 0.1) is 0 Å². The summed E-state index contributed by atoms with van der Waals surface area (Å²) in [5.74, 6) is -1.04. The van der Waals surface area contributed by atoms with Gasteiger partial charge in [0.15, 0.2) is 0 Å². The summed E-state index contributed by atoms with van der Waals surface area (Å²) in [5.41, 5.74) is 4.81. The number of hydrogen-bond donors (Lipinski definition) is 4. The molecule has 1 aromatic heterocycles. The van der Waals surface area contributed by atoms with Crippen molar-refractivity contribution in [1.29, 1.82) is 0 Å². The minimum atomic E-state index is -0.450. The lowest BCUT2D eigenvalue weighted by molar-refractivity contribution is -0.122. The van der Waals surface area contributed by atoms with Crippen LogP contribution in [0.15, 0.2) is 16.7 Å². The van der Waals surface area contributed by atoms with E-state index < -0.39 is 5.91 Å². The number of carbonyl (C=O) groups is 3. The fourth-order valence-corrected chi connectivity index (χ4v) is 1.45. The number of hydrazine groups is 1. The number of amides is 3. The summed E-state index contributed by atoms with van der Waals surface area (Å²) >= 11 is 3.19. The topological polar surface area (TPSA) is 103 Å². The van der Waals surface area contributed by atoms with Crippen molar-refractivity contribution in [3.63, 3.8) is 0 Å². The Morgan fingerprint density at radius 2 is 2.06 bits per heavy atom. The first-order chi connectivity index (χ1) is 8.49. The van der Waals surface area contributed by atoms with E-state index in [0.717, 1.165) is 4.47 Å². The molecule has 0 aromatic carbocycles. The molecule has 4 N–H and O–H groups in total. The first-order valence-electron chi connectivity index (χ1n) is 5.16. The van der Waals surface area contributed by atoms with Gasteiger partial charge < -0.3 is 10.3 Å². The number of hydrogen-bond acceptors (Lipinski definition) is 3. The second-order valence-corrected chi connectivity index (χ2v) is 4.38. The molecule has 0 aliphatic rings. The zero-order valence-corrected chi connectivity index (χ0v) is 11.3. The van der Waals surface area contributed by atoms with E-state index in [-0.39, 0.29) is 24.8 Å². The summed E-state index contributed by atoms with van der Waals surface area (Å²) in [6, 6.07) is 1.58. The summed E-state index contributed by atoms with van der Waals surface area (Å²) in [6.45, 7) is 1.59. The largest absolute Gasteiger partial charge is 0.356 e. The molecule has 0 aliphatic carbocycles. The van der Waals surface area contributed by atoms with E-state index in [4.69, 9.17) is 0 Å². The van der Waals surface area contributed by atoms with Gasteiger partial charge in [0, 0.05) is 30.6 Å². The molecule has 1 aromatic rings. The molecule has 0 spiro atoms. The van der Waals surface area contributed by atoms with Gasteiger partial charge in [-0.05, 0) is 22.0 Å². The number of aromatic amines is 1. The standard InChI is InChI=1S/C10H13BrN4O3/c1-6(16)12-3-2-9(17)14-15-10(18)8-4-7(11)5-13-8/h4-5,13H,2-3H2,1H3,(H,12,16)(H,14,17)(H,15,18). The van der Waals surface area contributed by atoms with Gasteiger partial charge in [0.2, 0.25) is 11.8 Å². The number of aromatic nitrogens is 1. The van der Waals surface area contributed by atoms with Crippen LogP contribution < -0.4 is 16.2 Å². The molecule has 1 rings (SSSR count). The van der Waals surface area contributed by atoms with Gasteiger partial charge in [-0.15, -0.1) is 0 Å². The molecule has 98 valence electrons. The molecule has 3 amide bonds. The second-order valence-electron chi connectivity index (χ2n) is 3.47. The van der Waals surface area contributed by atoms with Crippen molar-refractivity contribution in [3.8, 4) is 0 Å². The van der Waals surface area contributed by atoms with Crippen LogP contribution in [0, 0.1) is 0 Å². The van der Waals surface area contributed by atoms with Crippen LogP contribution in [0.4, 0.5) is 0 Å². The maximum absolute atomic E-state index is 11.5. The van der Waals surface area contributed by atoms with Gasteiger partial charge in [-0.25, -0.2) is 0 Å². The van der Waals surface area contributed by atoms with Crippen molar-refractivity contribution in [2.75, 3.05) is 6.54 Å². The van der Waals surface area contributed by atoms with Crippen LogP contribution in [0.25, 0.3) is 0 Å². The lowest BCUT2D eigenvalue weighted by atomic mass is 10.4. The molecule has 0 saturated heterocycles. The van der Waals surface area contributed by atoms with E-state index >= 15 is 0 Å². The number of carbonyl (C=O) groups excluding carboxylic acids is 3. The van der Waals surface area contributed by atoms with Crippen molar-refractivity contribution in [1.82, 2.24) is 21.2 Å². The van der Waals surface area contributed by atoms with Crippen LogP contribution in [-0.2, 0) is 9.59 Å². The molecule has 0 bridgehead atoms. The molecule has 8 heteroatoms. The summed E-state index contributed by atoms with van der Waals surface area (Å²) in [4.78, 5) is 36.0. The molecule has 0 atom stereocenters. The first kappa shape index (κ1) is 14.2. The van der Waals surface area contributed by atoms with Crippen LogP contribution in [0.5, 0.6) is 0 Å². The third-order valence-electron chi connectivity index (χ3n) is 1.93. The molecule has 0 fully saturated rings. The van der Waals surface area contributed by atoms with Crippen LogP contribution in [0.2, 0.25) is 0 Å². The molecular formula is C10H13BrN4O3. The van der Waals surface area contributed by atoms with Gasteiger partial charge in [-0.3, -0.25) is 25.2 Å². The van der Waals surface area contributed by atoms with Crippen LogP contribution >= 0.6 is 15.9 Å². The number of halogens is 1. The van der Waals surface area contributed by atoms with Crippen molar-refractivity contribution >= 4 is 33.7 Å². The number of H-pyrrole nitrogens is 1. The molecule has 7 nitrogen and oxygen atoms in total. The van der Waals surface area contributed by atoms with Crippen LogP contribution in [0.3, 0.4) is 0 Å². The van der Waals surface area contributed by atoms with Crippen LogP contribution in [-0.4, -0.2) is 29.3 Å². The molecule has 0 aliphatic heterocycles. The molecule has 0 unspecified atom stereocenters. The molecule has 18 heavy (non-hydrogen) atoms. The Balaban J connectivity index is 2.26. The fourth-order valence-electron chi connectivity index (χ4n) is 1.11. The summed E-state index contributed by atoms with van der Waals surface area (Å²) in [5, 5.41) is 2.47. The Morgan fingerprint density at radius 1 is 1.33 bits per heavy atom. The normalized spacial score (nSPS) is 9.67. The number of nitrogens with one attached hydrogen (secondary N) is 4. The predicted octanol–water partition coefficient (Wildman–Crippen LogP) is 0.0644. The summed E-state index contributed by atoms with van der Waals surface area (Å²) < 4.78 is 0.740. The number of rotatable bonds is 4. The van der Waals surface area contributed by atoms with Crippen LogP contribution in [0.1, 0.15) is 23.8 Å². The maximum atomic E-state index is 11.5. The average molecular weight is 317 g/mol. The minimum Gasteiger partial charge on any atom is -0.356 e. The summed E-state index contributed by atoms with van der Waals surface area (Å²) in [7, 11) is 0. The molecule has 0 saturated carbocycles. The lowest BCUT2D eigenvalue weighted by Crippen LogP contribution is -2.42. The van der Waals surface area contributed by atoms with Crippen molar-refractivity contribution in [2.24, 2.45) is 0 Å². The summed E-state index contributed by atoms with van der Waals surface area (Å²) in [6.07, 6.45) is 1.70. The SMILES string of the molecule is CC(=O)NCCC(=O)NNC(=O)c1cc(Br)c[nH]1. The highest BCUT2D eigenvalue weighted by Crippen LogP contribution is 2.09. The fraction of sp³-hybridized carbons (Fsp3) is 0.300. The third-order valence-corrected chi connectivity index (χ3v) is 2.39. The molecule has 1 heterocycles. The average Bonchev–Trinajstić information content (AvgIpc) is 2.72. The Labute approximate surface area is 112 Å². The third kappa shape index (κ3) is 5.00. The molecular weight excluding hydrogens is 304 g/mol. The van der Waals surface area contributed by atoms with Gasteiger partial charge in [-0.1, -0.05) is 0 Å². The highest BCUT2D eigenvalue weighted by Gasteiger charge is 2.08. The van der Waals surface area contributed by atoms with Gasteiger partial charge in [0.1, 0.15) is 5.69 Å². The zero-order chi connectivity index (χ0) is 13.5. The Hall–Kier alpha value is -1.83. The van der Waals surface area contributed by atoms with Gasteiger partial charge in [0.25, 0.3) is 5.91 Å². The predicted molar refractivity (Wildman–Crippen MR) is 67.4 cm³/mol. The smallest absolute Gasteiger partial charge is 0.286 e. The highest BCUT2D eigenvalue weighted by molar-refractivity contribution is 9.10. The first-order valence-corrected chi connectivity index (χ1v) is 5.96. The van der Waals surface area contributed by atoms with E-state index in [1.165, 1.54) is 6.92 Å². The quantitative estimate of drug-likeness (QED) is 0.591. The van der Waals surface area contributed by atoms with Gasteiger partial charge >= 0.3 is 0 Å². The highest BCUT2D eigenvalue weighted by atomic mass is 79.9. The van der Waals surface area contributed by atoms with E-state index in [9.17, 15) is 14.4 Å². The van der Waals surface area contributed by atoms with Crippen molar-refractivity contribution in [2.45, 2.75) is 13.3 Å². The van der Waals surface area contributed by atoms with Gasteiger partial charge in [-0.2, -0.15) is 0 Å². The maximum Gasteiger partial charge on any atom is 0.286 e. The zero-order valence-electron chi connectivity index (χ0n) is 9.67. The minimum absolute atomic E-state index is 0.0915. The van der Waals surface area contributed by atoms with E-state index in [1.54, 1.807) is 12.3 Å². The molecule has 0 radical (unpaired) electrons. The Morgan fingerprint density at radius 3 is 2.61 bits per heavy atom. The Kier molecular flexibility index (Phi) is 5.37. The Bertz CT molecular complexity index is 458. The monoisotopic (exact) mass is 316 g/mol. The van der Waals surface area contributed by atoms with E-state index in [1.807, 2.05) is 0 Å². The van der Waals surface area contributed by atoms with E-state index in [2.05, 4.69) is 37.1 Å². The van der Waals surface area contributed by atoms with Crippen molar-refractivity contribution in [3.05, 3.63) is 22.4 Å². The second kappa shape index (κ2) is 6.80. The van der Waals surface area contributed by atoms with Crippen molar-refractivity contribution < 1.29 is 14.4 Å². The lowest BCUT2D eigenvalue weighted by Gasteiger charge is -2.06. The van der Waals surface area contributed by atoms with E-state index in [0.29, 0.717) is 5.69 Å².